The molecule has 0 spiro atoms. The van der Waals surface area contributed by atoms with E-state index in [4.69, 9.17) is 0 Å². The van der Waals surface area contributed by atoms with Gasteiger partial charge in [-0.2, -0.15) is 0 Å². The van der Waals surface area contributed by atoms with Crippen LogP contribution in [0.15, 0.2) is 30.6 Å². The molecule has 102 valence electrons. The number of carbonyl (C=O) groups is 1. The lowest BCUT2D eigenvalue weighted by molar-refractivity contribution is -0.117. The third kappa shape index (κ3) is 4.17. The van der Waals surface area contributed by atoms with Crippen LogP contribution >= 0.6 is 0 Å². The van der Waals surface area contributed by atoms with Crippen molar-refractivity contribution < 1.29 is 9.90 Å². The van der Waals surface area contributed by atoms with Crippen LogP contribution in [0.4, 0.5) is 0 Å². The highest BCUT2D eigenvalue weighted by atomic mass is 16.3. The number of aliphatic hydroxyl groups is 1. The number of aromatic nitrogens is 1. The molecular weight excluding hydrogens is 240 g/mol. The zero-order valence-electron chi connectivity index (χ0n) is 11.0. The van der Waals surface area contributed by atoms with Crippen molar-refractivity contribution in [2.24, 2.45) is 5.92 Å². The zero-order valence-corrected chi connectivity index (χ0v) is 11.0. The van der Waals surface area contributed by atoms with Crippen LogP contribution in [0.1, 0.15) is 31.2 Å². The molecule has 1 aliphatic rings. The Morgan fingerprint density at radius 1 is 1.47 bits per heavy atom. The number of amides is 1. The van der Waals surface area contributed by atoms with Crippen molar-refractivity contribution in [2.45, 2.75) is 31.7 Å². The Morgan fingerprint density at radius 3 is 3.05 bits per heavy atom. The lowest BCUT2D eigenvalue weighted by Gasteiger charge is -2.30. The molecule has 1 aromatic rings. The summed E-state index contributed by atoms with van der Waals surface area (Å²) in [5.41, 5.74) is 0.903. The number of hydrogen-bond donors (Lipinski definition) is 2. The molecule has 1 aliphatic carbocycles. The van der Waals surface area contributed by atoms with Crippen LogP contribution in [-0.2, 0) is 4.79 Å². The van der Waals surface area contributed by atoms with Gasteiger partial charge in [0.1, 0.15) is 0 Å². The summed E-state index contributed by atoms with van der Waals surface area (Å²) >= 11 is 0. The fourth-order valence-electron chi connectivity index (χ4n) is 2.49. The van der Waals surface area contributed by atoms with Gasteiger partial charge in [-0.05, 0) is 30.5 Å². The van der Waals surface area contributed by atoms with E-state index in [0.29, 0.717) is 0 Å². The first-order valence-corrected chi connectivity index (χ1v) is 6.79. The van der Waals surface area contributed by atoms with E-state index in [-0.39, 0.29) is 24.5 Å². The molecule has 2 unspecified atom stereocenters. The Labute approximate surface area is 113 Å². The van der Waals surface area contributed by atoms with Crippen LogP contribution in [-0.4, -0.2) is 28.6 Å². The topological polar surface area (TPSA) is 62.2 Å². The Kier molecular flexibility index (Phi) is 5.10. The summed E-state index contributed by atoms with van der Waals surface area (Å²) in [5.74, 6) is 0.0960. The molecular formula is C15H20N2O2. The number of aliphatic hydroxyl groups excluding tert-OH is 1. The van der Waals surface area contributed by atoms with Crippen LogP contribution in [0.2, 0.25) is 0 Å². The second-order valence-electron chi connectivity index (χ2n) is 4.96. The molecule has 4 nitrogen and oxygen atoms in total. The fourth-order valence-corrected chi connectivity index (χ4v) is 2.49. The summed E-state index contributed by atoms with van der Waals surface area (Å²) in [6, 6.07) is 3.83. The number of hydrogen-bond acceptors (Lipinski definition) is 3. The maximum atomic E-state index is 11.8. The number of nitrogens with zero attached hydrogens (tertiary/aromatic N) is 1. The van der Waals surface area contributed by atoms with E-state index in [9.17, 15) is 9.90 Å². The van der Waals surface area contributed by atoms with Crippen LogP contribution in [0.3, 0.4) is 0 Å². The molecule has 0 bridgehead atoms. The maximum absolute atomic E-state index is 11.8. The second kappa shape index (κ2) is 7.04. The van der Waals surface area contributed by atoms with Crippen LogP contribution in [0.25, 0.3) is 6.08 Å². The molecule has 1 fully saturated rings. The standard InChI is InChI=1S/C15H20N2O2/c18-11-13-5-1-2-6-14(13)17-15(19)8-7-12-4-3-9-16-10-12/h3-4,7-10,13-14,18H,1-2,5-6,11H2,(H,17,19)/b8-7+. The van der Waals surface area contributed by atoms with Crippen molar-refractivity contribution in [2.75, 3.05) is 6.61 Å². The molecule has 1 heterocycles. The van der Waals surface area contributed by atoms with Crippen LogP contribution in [0.5, 0.6) is 0 Å². The van der Waals surface area contributed by atoms with Crippen molar-refractivity contribution in [3.63, 3.8) is 0 Å². The number of carbonyl (C=O) groups excluding carboxylic acids is 1. The SMILES string of the molecule is O=C(/C=C/c1cccnc1)NC1CCCCC1CO. The Balaban J connectivity index is 1.88. The number of nitrogens with one attached hydrogen (secondary N) is 1. The Morgan fingerprint density at radius 2 is 2.32 bits per heavy atom. The molecule has 0 aromatic carbocycles. The molecule has 1 aromatic heterocycles. The predicted octanol–water partition coefficient (Wildman–Crippen LogP) is 1.76. The van der Waals surface area contributed by atoms with Gasteiger partial charge in [-0.1, -0.05) is 18.9 Å². The van der Waals surface area contributed by atoms with Gasteiger partial charge in [0, 0.05) is 37.0 Å². The van der Waals surface area contributed by atoms with Gasteiger partial charge in [-0.25, -0.2) is 0 Å². The van der Waals surface area contributed by atoms with E-state index in [1.807, 2.05) is 12.1 Å². The minimum absolute atomic E-state index is 0.102. The van der Waals surface area contributed by atoms with Gasteiger partial charge in [0.2, 0.25) is 5.91 Å². The average molecular weight is 260 g/mol. The largest absolute Gasteiger partial charge is 0.396 e. The third-order valence-electron chi connectivity index (χ3n) is 3.58. The summed E-state index contributed by atoms with van der Waals surface area (Å²) in [4.78, 5) is 15.8. The quantitative estimate of drug-likeness (QED) is 0.811. The highest BCUT2D eigenvalue weighted by Crippen LogP contribution is 2.23. The van der Waals surface area contributed by atoms with Gasteiger partial charge >= 0.3 is 0 Å². The first-order valence-electron chi connectivity index (χ1n) is 6.79. The van der Waals surface area contributed by atoms with E-state index < -0.39 is 0 Å². The van der Waals surface area contributed by atoms with Gasteiger partial charge in [-0.3, -0.25) is 9.78 Å². The minimum Gasteiger partial charge on any atom is -0.396 e. The summed E-state index contributed by atoms with van der Waals surface area (Å²) in [6.07, 6.45) is 10.9. The monoisotopic (exact) mass is 260 g/mol. The molecule has 0 radical (unpaired) electrons. The highest BCUT2D eigenvalue weighted by molar-refractivity contribution is 5.91. The Hall–Kier alpha value is -1.68. The molecule has 2 N–H and O–H groups in total. The van der Waals surface area contributed by atoms with Crippen LogP contribution in [0, 0.1) is 5.92 Å². The zero-order chi connectivity index (χ0) is 13.5. The average Bonchev–Trinajstić information content (AvgIpc) is 2.47. The summed E-state index contributed by atoms with van der Waals surface area (Å²) in [7, 11) is 0. The van der Waals surface area contributed by atoms with E-state index in [1.165, 1.54) is 6.08 Å². The van der Waals surface area contributed by atoms with Gasteiger partial charge in [0.05, 0.1) is 0 Å². The lowest BCUT2D eigenvalue weighted by atomic mass is 9.85. The molecule has 4 heteroatoms. The van der Waals surface area contributed by atoms with E-state index in [1.54, 1.807) is 18.5 Å². The normalized spacial score (nSPS) is 23.4. The third-order valence-corrected chi connectivity index (χ3v) is 3.58. The number of pyridine rings is 1. The second-order valence-corrected chi connectivity index (χ2v) is 4.96. The van der Waals surface area contributed by atoms with E-state index >= 15 is 0 Å². The van der Waals surface area contributed by atoms with Crippen molar-refractivity contribution in [3.8, 4) is 0 Å². The first-order chi connectivity index (χ1) is 9.29. The smallest absolute Gasteiger partial charge is 0.244 e. The van der Waals surface area contributed by atoms with Crippen LogP contribution < -0.4 is 5.32 Å². The number of rotatable bonds is 4. The maximum Gasteiger partial charge on any atom is 0.244 e. The fraction of sp³-hybridized carbons (Fsp3) is 0.467. The van der Waals surface area contributed by atoms with Crippen molar-refractivity contribution in [3.05, 3.63) is 36.2 Å². The van der Waals surface area contributed by atoms with Gasteiger partial charge in [-0.15, -0.1) is 0 Å². The Bertz CT molecular complexity index is 431. The summed E-state index contributed by atoms with van der Waals surface area (Å²) in [5, 5.41) is 12.3. The van der Waals surface area contributed by atoms with Crippen molar-refractivity contribution in [1.29, 1.82) is 0 Å². The van der Waals surface area contributed by atoms with Crippen molar-refractivity contribution in [1.82, 2.24) is 10.3 Å². The molecule has 19 heavy (non-hydrogen) atoms. The van der Waals surface area contributed by atoms with Gasteiger partial charge in [0.15, 0.2) is 0 Å². The lowest BCUT2D eigenvalue weighted by Crippen LogP contribution is -2.42. The van der Waals surface area contributed by atoms with E-state index in [0.717, 1.165) is 31.2 Å². The molecule has 0 aliphatic heterocycles. The minimum atomic E-state index is -0.103. The molecule has 0 saturated heterocycles. The predicted molar refractivity (Wildman–Crippen MR) is 74.2 cm³/mol. The molecule has 1 amide bonds. The highest BCUT2D eigenvalue weighted by Gasteiger charge is 2.24. The summed E-state index contributed by atoms with van der Waals surface area (Å²) < 4.78 is 0. The summed E-state index contributed by atoms with van der Waals surface area (Å²) in [6.45, 7) is 0.150. The molecule has 2 atom stereocenters. The van der Waals surface area contributed by atoms with E-state index in [2.05, 4.69) is 10.3 Å². The first kappa shape index (κ1) is 13.7. The molecule has 1 saturated carbocycles. The van der Waals surface area contributed by atoms with Gasteiger partial charge in [0.25, 0.3) is 0 Å². The molecule has 2 rings (SSSR count). The van der Waals surface area contributed by atoms with Crippen molar-refractivity contribution >= 4 is 12.0 Å². The van der Waals surface area contributed by atoms with Gasteiger partial charge < -0.3 is 10.4 Å².